The SMILES string of the molecule is Cc1nc(C(=O)N(C)CC23CC4CC(CC(C4)C2)C3)n[nH]1. The van der Waals surface area contributed by atoms with Gasteiger partial charge in [0.25, 0.3) is 5.91 Å². The van der Waals surface area contributed by atoms with Crippen molar-refractivity contribution in [2.75, 3.05) is 13.6 Å². The zero-order valence-corrected chi connectivity index (χ0v) is 12.9. The molecule has 4 fully saturated rings. The lowest BCUT2D eigenvalue weighted by atomic mass is 9.49. The van der Waals surface area contributed by atoms with E-state index in [9.17, 15) is 4.79 Å². The van der Waals surface area contributed by atoms with Gasteiger partial charge < -0.3 is 4.90 Å². The van der Waals surface area contributed by atoms with Gasteiger partial charge in [-0.25, -0.2) is 4.98 Å². The van der Waals surface area contributed by atoms with Crippen LogP contribution in [0.2, 0.25) is 0 Å². The number of aromatic amines is 1. The molecular formula is C16H24N4O. The first-order chi connectivity index (χ1) is 10.0. The van der Waals surface area contributed by atoms with E-state index in [1.165, 1.54) is 38.5 Å². The highest BCUT2D eigenvalue weighted by Crippen LogP contribution is 2.60. The number of hydrogen-bond donors (Lipinski definition) is 1. The predicted molar refractivity (Wildman–Crippen MR) is 78.7 cm³/mol. The Morgan fingerprint density at radius 1 is 1.24 bits per heavy atom. The van der Waals surface area contributed by atoms with E-state index in [-0.39, 0.29) is 5.91 Å². The Balaban J connectivity index is 1.49. The van der Waals surface area contributed by atoms with Gasteiger partial charge in [-0.2, -0.15) is 0 Å². The molecule has 4 aliphatic rings. The van der Waals surface area contributed by atoms with Crippen LogP contribution in [-0.2, 0) is 0 Å². The van der Waals surface area contributed by atoms with Crippen molar-refractivity contribution in [3.63, 3.8) is 0 Å². The molecule has 21 heavy (non-hydrogen) atoms. The fourth-order valence-electron chi connectivity index (χ4n) is 5.67. The molecule has 4 saturated carbocycles. The lowest BCUT2D eigenvalue weighted by Gasteiger charge is -2.57. The van der Waals surface area contributed by atoms with Crippen molar-refractivity contribution in [2.24, 2.45) is 23.2 Å². The Kier molecular flexibility index (Phi) is 2.88. The van der Waals surface area contributed by atoms with Crippen LogP contribution in [0.5, 0.6) is 0 Å². The first-order valence-electron chi connectivity index (χ1n) is 8.17. The molecule has 5 nitrogen and oxygen atoms in total. The Morgan fingerprint density at radius 3 is 2.29 bits per heavy atom. The van der Waals surface area contributed by atoms with E-state index in [0.29, 0.717) is 17.1 Å². The highest BCUT2D eigenvalue weighted by molar-refractivity contribution is 5.90. The maximum atomic E-state index is 12.5. The van der Waals surface area contributed by atoms with Gasteiger partial charge in [-0.1, -0.05) is 0 Å². The average Bonchev–Trinajstić information content (AvgIpc) is 2.82. The van der Waals surface area contributed by atoms with E-state index in [2.05, 4.69) is 15.2 Å². The number of hydrogen-bond acceptors (Lipinski definition) is 3. The largest absolute Gasteiger partial charge is 0.338 e. The van der Waals surface area contributed by atoms with Gasteiger partial charge in [0.05, 0.1) is 0 Å². The van der Waals surface area contributed by atoms with E-state index in [0.717, 1.165) is 24.3 Å². The molecule has 114 valence electrons. The molecule has 1 aromatic rings. The van der Waals surface area contributed by atoms with Crippen molar-refractivity contribution in [3.8, 4) is 0 Å². The number of amides is 1. The minimum absolute atomic E-state index is 0.0462. The Bertz CT molecular complexity index is 529. The minimum Gasteiger partial charge on any atom is -0.338 e. The quantitative estimate of drug-likeness (QED) is 0.929. The molecule has 0 aromatic carbocycles. The molecule has 4 aliphatic carbocycles. The molecule has 1 amide bonds. The van der Waals surface area contributed by atoms with Crippen LogP contribution in [0.4, 0.5) is 0 Å². The van der Waals surface area contributed by atoms with E-state index >= 15 is 0 Å². The van der Waals surface area contributed by atoms with Crippen molar-refractivity contribution >= 4 is 5.91 Å². The van der Waals surface area contributed by atoms with E-state index in [4.69, 9.17) is 0 Å². The average molecular weight is 288 g/mol. The molecule has 5 heteroatoms. The van der Waals surface area contributed by atoms with Crippen LogP contribution < -0.4 is 0 Å². The molecule has 0 saturated heterocycles. The molecule has 4 bridgehead atoms. The van der Waals surface area contributed by atoms with Gasteiger partial charge in [0.2, 0.25) is 5.82 Å². The van der Waals surface area contributed by atoms with Crippen molar-refractivity contribution in [2.45, 2.75) is 45.4 Å². The zero-order valence-electron chi connectivity index (χ0n) is 12.9. The zero-order chi connectivity index (χ0) is 14.6. The number of aromatic nitrogens is 3. The van der Waals surface area contributed by atoms with Gasteiger partial charge in [-0.3, -0.25) is 9.89 Å². The summed E-state index contributed by atoms with van der Waals surface area (Å²) in [4.78, 5) is 18.5. The maximum absolute atomic E-state index is 12.5. The monoisotopic (exact) mass is 288 g/mol. The van der Waals surface area contributed by atoms with E-state index in [1.807, 2.05) is 18.9 Å². The van der Waals surface area contributed by atoms with Crippen LogP contribution in [0.3, 0.4) is 0 Å². The number of nitrogens with zero attached hydrogens (tertiary/aromatic N) is 3. The second-order valence-electron chi connectivity index (χ2n) is 7.82. The second kappa shape index (κ2) is 4.55. The number of carbonyl (C=O) groups is 1. The molecule has 1 heterocycles. The topological polar surface area (TPSA) is 61.9 Å². The van der Waals surface area contributed by atoms with Gasteiger partial charge >= 0.3 is 0 Å². The van der Waals surface area contributed by atoms with Crippen molar-refractivity contribution in [3.05, 3.63) is 11.6 Å². The van der Waals surface area contributed by atoms with Crippen LogP contribution >= 0.6 is 0 Å². The molecular weight excluding hydrogens is 264 g/mol. The fourth-order valence-corrected chi connectivity index (χ4v) is 5.67. The molecule has 0 spiro atoms. The number of H-pyrrole nitrogens is 1. The summed E-state index contributed by atoms with van der Waals surface area (Å²) in [5.41, 5.74) is 0.379. The molecule has 0 radical (unpaired) electrons. The Hall–Kier alpha value is -1.39. The first-order valence-corrected chi connectivity index (χ1v) is 8.17. The summed E-state index contributed by atoms with van der Waals surface area (Å²) in [7, 11) is 1.91. The lowest BCUT2D eigenvalue weighted by Crippen LogP contribution is -2.51. The molecule has 0 aliphatic heterocycles. The summed E-state index contributed by atoms with van der Waals surface area (Å²) in [6.45, 7) is 2.70. The Morgan fingerprint density at radius 2 is 1.81 bits per heavy atom. The van der Waals surface area contributed by atoms with Crippen LogP contribution in [0.25, 0.3) is 0 Å². The van der Waals surface area contributed by atoms with Gasteiger partial charge in [0.15, 0.2) is 0 Å². The summed E-state index contributed by atoms with van der Waals surface area (Å²) in [5, 5.41) is 6.76. The van der Waals surface area contributed by atoms with E-state index < -0.39 is 0 Å². The maximum Gasteiger partial charge on any atom is 0.293 e. The highest BCUT2D eigenvalue weighted by atomic mass is 16.2. The van der Waals surface area contributed by atoms with Gasteiger partial charge in [0.1, 0.15) is 5.82 Å². The predicted octanol–water partition coefficient (Wildman–Crippen LogP) is 2.40. The number of rotatable bonds is 3. The van der Waals surface area contributed by atoms with Crippen LogP contribution in [0, 0.1) is 30.1 Å². The number of aryl methyl sites for hydroxylation is 1. The van der Waals surface area contributed by atoms with Crippen LogP contribution in [-0.4, -0.2) is 39.6 Å². The third kappa shape index (κ3) is 2.27. The van der Waals surface area contributed by atoms with E-state index in [1.54, 1.807) is 0 Å². The first kappa shape index (κ1) is 13.3. The van der Waals surface area contributed by atoms with Crippen molar-refractivity contribution < 1.29 is 4.79 Å². The third-order valence-electron chi connectivity index (χ3n) is 5.87. The summed E-state index contributed by atoms with van der Waals surface area (Å²) >= 11 is 0. The highest BCUT2D eigenvalue weighted by Gasteiger charge is 2.51. The van der Waals surface area contributed by atoms with Crippen molar-refractivity contribution in [1.29, 1.82) is 0 Å². The number of nitrogens with one attached hydrogen (secondary N) is 1. The third-order valence-corrected chi connectivity index (χ3v) is 5.87. The van der Waals surface area contributed by atoms with Gasteiger partial charge in [-0.15, -0.1) is 5.10 Å². The lowest BCUT2D eigenvalue weighted by molar-refractivity contribution is -0.0630. The molecule has 1 N–H and O–H groups in total. The summed E-state index contributed by atoms with van der Waals surface area (Å²) in [5.74, 6) is 3.72. The molecule has 1 aromatic heterocycles. The van der Waals surface area contributed by atoms with Gasteiger partial charge in [-0.05, 0) is 68.6 Å². The fraction of sp³-hybridized carbons (Fsp3) is 0.812. The molecule has 5 rings (SSSR count). The standard InChI is InChI=1S/C16H24N4O/c1-10-17-14(19-18-10)15(21)20(2)9-16-6-11-3-12(7-16)5-13(4-11)8-16/h11-13H,3-9H2,1-2H3,(H,17,18,19). The second-order valence-corrected chi connectivity index (χ2v) is 7.82. The summed E-state index contributed by atoms with van der Waals surface area (Å²) in [6.07, 6.45) is 8.29. The Labute approximate surface area is 125 Å². The normalized spacial score (nSPS) is 37.0. The summed E-state index contributed by atoms with van der Waals surface area (Å²) in [6, 6.07) is 0. The van der Waals surface area contributed by atoms with Crippen molar-refractivity contribution in [1.82, 2.24) is 20.1 Å². The summed E-state index contributed by atoms with van der Waals surface area (Å²) < 4.78 is 0. The van der Waals surface area contributed by atoms with Crippen LogP contribution in [0.15, 0.2) is 0 Å². The molecule has 0 atom stereocenters. The number of carbonyl (C=O) groups excluding carboxylic acids is 1. The van der Waals surface area contributed by atoms with Gasteiger partial charge in [0, 0.05) is 13.6 Å². The minimum atomic E-state index is -0.0462. The smallest absolute Gasteiger partial charge is 0.293 e. The molecule has 0 unspecified atom stereocenters. The van der Waals surface area contributed by atoms with Crippen LogP contribution in [0.1, 0.15) is 55.0 Å².